The molecule has 3 N–H and O–H groups in total. The third kappa shape index (κ3) is 6.12. The van der Waals surface area contributed by atoms with Gasteiger partial charge in [0.2, 0.25) is 0 Å². The van der Waals surface area contributed by atoms with Crippen LogP contribution >= 0.6 is 0 Å². The maximum atomic E-state index is 12.4. The molecule has 2 rings (SSSR count). The molecule has 0 saturated carbocycles. The molecule has 0 aromatic heterocycles. The molecule has 0 radical (unpaired) electrons. The van der Waals surface area contributed by atoms with E-state index >= 15 is 0 Å². The summed E-state index contributed by atoms with van der Waals surface area (Å²) in [5.41, 5.74) is 5.97. The molecule has 0 unspecified atom stereocenters. The second-order valence-electron chi connectivity index (χ2n) is 6.18. The number of carbonyl (C=O) groups is 3. The van der Waals surface area contributed by atoms with E-state index in [0.29, 0.717) is 16.8 Å². The smallest absolute Gasteiger partial charge is 0.341 e. The quantitative estimate of drug-likeness (QED) is 0.370. The Morgan fingerprint density at radius 3 is 2.36 bits per heavy atom. The van der Waals surface area contributed by atoms with Gasteiger partial charge in [-0.3, -0.25) is 20.4 Å². The number of anilines is 1. The Labute approximate surface area is 164 Å². The lowest BCUT2D eigenvalue weighted by Crippen LogP contribution is -2.46. The maximum absolute atomic E-state index is 12.4. The first-order valence-electron chi connectivity index (χ1n) is 9.22. The number of hydrogen-bond donors (Lipinski definition) is 3. The largest absolute Gasteiger partial charge is 0.449 e. The predicted octanol–water partition coefficient (Wildman–Crippen LogP) is 2.91. The normalized spacial score (nSPS) is 11.2. The van der Waals surface area contributed by atoms with E-state index in [4.69, 9.17) is 4.74 Å². The van der Waals surface area contributed by atoms with Gasteiger partial charge in [0.1, 0.15) is 0 Å². The number of amides is 2. The van der Waals surface area contributed by atoms with Crippen molar-refractivity contribution in [3.05, 3.63) is 65.7 Å². The molecule has 0 aliphatic heterocycles. The Kier molecular flexibility index (Phi) is 8.02. The van der Waals surface area contributed by atoms with Gasteiger partial charge < -0.3 is 10.1 Å². The molecule has 7 nitrogen and oxygen atoms in total. The lowest BCUT2D eigenvalue weighted by Gasteiger charge is -2.16. The van der Waals surface area contributed by atoms with Crippen LogP contribution < -0.4 is 16.2 Å². The number of carbonyl (C=O) groups excluding carboxylic acids is 3. The highest BCUT2D eigenvalue weighted by atomic mass is 16.5. The number of para-hydroxylation sites is 1. The molecular formula is C21H25N3O4. The molecule has 0 saturated heterocycles. The molecule has 28 heavy (non-hydrogen) atoms. The van der Waals surface area contributed by atoms with E-state index in [2.05, 4.69) is 23.1 Å². The molecule has 7 heteroatoms. The first-order chi connectivity index (χ1) is 13.5. The second kappa shape index (κ2) is 10.7. The van der Waals surface area contributed by atoms with Crippen LogP contribution in [0.25, 0.3) is 0 Å². The minimum Gasteiger partial charge on any atom is -0.449 e. The Bertz CT molecular complexity index is 808. The van der Waals surface area contributed by atoms with Crippen LogP contribution in [0.5, 0.6) is 0 Å². The maximum Gasteiger partial charge on any atom is 0.341 e. The number of esters is 1. The van der Waals surface area contributed by atoms with E-state index in [-0.39, 0.29) is 0 Å². The van der Waals surface area contributed by atoms with Gasteiger partial charge in [0, 0.05) is 17.8 Å². The number of benzene rings is 2. The van der Waals surface area contributed by atoms with Crippen molar-refractivity contribution >= 4 is 23.5 Å². The Morgan fingerprint density at radius 1 is 0.964 bits per heavy atom. The molecule has 2 amide bonds. The number of unbranched alkanes of at least 4 members (excludes halogenated alkanes) is 1. The van der Waals surface area contributed by atoms with Crippen molar-refractivity contribution in [1.82, 2.24) is 10.9 Å². The predicted molar refractivity (Wildman–Crippen MR) is 107 cm³/mol. The van der Waals surface area contributed by atoms with Gasteiger partial charge >= 0.3 is 5.97 Å². The van der Waals surface area contributed by atoms with Gasteiger partial charge in [-0.25, -0.2) is 4.79 Å². The fourth-order valence-electron chi connectivity index (χ4n) is 2.37. The summed E-state index contributed by atoms with van der Waals surface area (Å²) in [6.45, 7) is 4.26. The summed E-state index contributed by atoms with van der Waals surface area (Å²) in [4.78, 5) is 36.5. The van der Waals surface area contributed by atoms with Crippen LogP contribution in [-0.4, -0.2) is 30.4 Å². The fraction of sp³-hybridized carbons (Fsp3) is 0.286. The zero-order valence-corrected chi connectivity index (χ0v) is 16.0. The van der Waals surface area contributed by atoms with Crippen molar-refractivity contribution in [1.29, 1.82) is 0 Å². The van der Waals surface area contributed by atoms with Crippen molar-refractivity contribution in [3.63, 3.8) is 0 Å². The minimum atomic E-state index is -1.08. The fourth-order valence-corrected chi connectivity index (χ4v) is 2.37. The summed E-state index contributed by atoms with van der Waals surface area (Å²) < 4.78 is 5.24. The van der Waals surface area contributed by atoms with Crippen LogP contribution in [0, 0.1) is 0 Å². The molecule has 148 valence electrons. The summed E-state index contributed by atoms with van der Waals surface area (Å²) in [6, 6.07) is 15.4. The number of hydrogen-bond acceptors (Lipinski definition) is 5. The van der Waals surface area contributed by atoms with Gasteiger partial charge in [-0.2, -0.15) is 0 Å². The lowest BCUT2D eigenvalue weighted by molar-refractivity contribution is -0.129. The van der Waals surface area contributed by atoms with Crippen molar-refractivity contribution in [3.8, 4) is 0 Å². The molecule has 0 bridgehead atoms. The summed E-state index contributed by atoms with van der Waals surface area (Å²) in [6.07, 6.45) is 0.932. The number of rotatable bonds is 8. The van der Waals surface area contributed by atoms with Gasteiger partial charge in [0.25, 0.3) is 11.8 Å². The number of nitrogens with one attached hydrogen (secondary N) is 3. The van der Waals surface area contributed by atoms with Crippen molar-refractivity contribution in [2.24, 2.45) is 0 Å². The molecule has 2 aromatic carbocycles. The standard InChI is InChI=1S/C21H25N3O4/c1-3-4-14-22-18-13-9-8-12-17(18)21(27)28-15(2)19(25)23-24-20(26)16-10-6-5-7-11-16/h5-13,15,22H,3-4,14H2,1-2H3,(H,23,25)(H,24,26)/t15-/m0/s1. The molecule has 0 aliphatic rings. The van der Waals surface area contributed by atoms with Crippen molar-refractivity contribution in [2.45, 2.75) is 32.8 Å². The molecule has 2 aromatic rings. The summed E-state index contributed by atoms with van der Waals surface area (Å²) in [5, 5.41) is 3.20. The first kappa shape index (κ1) is 21.0. The topological polar surface area (TPSA) is 96.5 Å². The van der Waals surface area contributed by atoms with Gasteiger partial charge in [0.05, 0.1) is 5.56 Å². The van der Waals surface area contributed by atoms with Crippen LogP contribution in [0.2, 0.25) is 0 Å². The van der Waals surface area contributed by atoms with Gasteiger partial charge in [-0.15, -0.1) is 0 Å². The highest BCUT2D eigenvalue weighted by Gasteiger charge is 2.21. The Balaban J connectivity index is 1.89. The zero-order chi connectivity index (χ0) is 20.4. The molecule has 0 fully saturated rings. The minimum absolute atomic E-state index is 0.353. The third-order valence-corrected chi connectivity index (χ3v) is 3.98. The third-order valence-electron chi connectivity index (χ3n) is 3.98. The van der Waals surface area contributed by atoms with E-state index in [9.17, 15) is 14.4 Å². The Hall–Kier alpha value is -3.35. The van der Waals surface area contributed by atoms with E-state index in [0.717, 1.165) is 19.4 Å². The molecule has 1 atom stereocenters. The number of ether oxygens (including phenoxy) is 1. The zero-order valence-electron chi connectivity index (χ0n) is 16.0. The molecule has 0 spiro atoms. The summed E-state index contributed by atoms with van der Waals surface area (Å²) >= 11 is 0. The van der Waals surface area contributed by atoms with Crippen LogP contribution in [0.3, 0.4) is 0 Å². The van der Waals surface area contributed by atoms with Crippen LogP contribution in [-0.2, 0) is 9.53 Å². The Morgan fingerprint density at radius 2 is 1.64 bits per heavy atom. The van der Waals surface area contributed by atoms with Crippen LogP contribution in [0.15, 0.2) is 54.6 Å². The first-order valence-corrected chi connectivity index (χ1v) is 9.22. The average molecular weight is 383 g/mol. The van der Waals surface area contributed by atoms with Crippen molar-refractivity contribution < 1.29 is 19.1 Å². The van der Waals surface area contributed by atoms with Gasteiger partial charge in [-0.05, 0) is 37.6 Å². The molecule has 0 aliphatic carbocycles. The SMILES string of the molecule is CCCCNc1ccccc1C(=O)O[C@@H](C)C(=O)NNC(=O)c1ccccc1. The summed E-state index contributed by atoms with van der Waals surface area (Å²) in [7, 11) is 0. The number of hydrazine groups is 1. The second-order valence-corrected chi connectivity index (χ2v) is 6.18. The van der Waals surface area contributed by atoms with Crippen molar-refractivity contribution in [2.75, 3.05) is 11.9 Å². The van der Waals surface area contributed by atoms with E-state index in [1.165, 1.54) is 6.92 Å². The highest BCUT2D eigenvalue weighted by Crippen LogP contribution is 2.17. The van der Waals surface area contributed by atoms with Gasteiger partial charge in [0.15, 0.2) is 6.10 Å². The van der Waals surface area contributed by atoms with Crippen LogP contribution in [0.4, 0.5) is 5.69 Å². The monoisotopic (exact) mass is 383 g/mol. The average Bonchev–Trinajstić information content (AvgIpc) is 2.72. The lowest BCUT2D eigenvalue weighted by atomic mass is 10.1. The van der Waals surface area contributed by atoms with E-state index in [1.54, 1.807) is 48.5 Å². The summed E-state index contributed by atoms with van der Waals surface area (Å²) in [5.74, 6) is -1.70. The molecule has 0 heterocycles. The van der Waals surface area contributed by atoms with E-state index in [1.807, 2.05) is 6.07 Å². The van der Waals surface area contributed by atoms with E-state index < -0.39 is 23.9 Å². The highest BCUT2D eigenvalue weighted by molar-refractivity contribution is 5.98. The van der Waals surface area contributed by atoms with Crippen LogP contribution in [0.1, 0.15) is 47.4 Å². The molecular weight excluding hydrogens is 358 g/mol. The van der Waals surface area contributed by atoms with Gasteiger partial charge in [-0.1, -0.05) is 43.7 Å².